The highest BCUT2D eigenvalue weighted by Crippen LogP contribution is 2.18. The number of carbonyl (C=O) groups excluding carboxylic acids is 1. The fourth-order valence-corrected chi connectivity index (χ4v) is 2.74. The van der Waals surface area contributed by atoms with Crippen LogP contribution in [-0.2, 0) is 6.54 Å². The summed E-state index contributed by atoms with van der Waals surface area (Å²) >= 11 is 1.44. The summed E-state index contributed by atoms with van der Waals surface area (Å²) in [7, 11) is 4.16. The minimum Gasteiger partial charge on any atom is -0.309 e. The number of nitrogens with two attached hydrogens (primary N) is 1. The molecule has 5 nitrogen and oxygen atoms in total. The van der Waals surface area contributed by atoms with Gasteiger partial charge >= 0.3 is 0 Å². The van der Waals surface area contributed by atoms with Gasteiger partial charge in [-0.2, -0.15) is 0 Å². The van der Waals surface area contributed by atoms with Crippen molar-refractivity contribution in [3.05, 3.63) is 21.9 Å². The molecule has 0 aliphatic heterocycles. The van der Waals surface area contributed by atoms with Gasteiger partial charge in [0.05, 0.1) is 4.88 Å². The minimum atomic E-state index is -0.200. The van der Waals surface area contributed by atoms with Crippen molar-refractivity contribution in [1.82, 2.24) is 15.2 Å². The quantitative estimate of drug-likeness (QED) is 0.427. The SMILES string of the molecule is CCN(CCCN(C)C)Cc1ccsc1C(=O)NN. The predicted octanol–water partition coefficient (Wildman–Crippen LogP) is 1.13. The molecule has 0 aliphatic carbocycles. The van der Waals surface area contributed by atoms with Crippen LogP contribution >= 0.6 is 11.3 Å². The van der Waals surface area contributed by atoms with Crippen LogP contribution < -0.4 is 11.3 Å². The molecule has 0 spiro atoms. The molecule has 1 amide bonds. The second kappa shape index (κ2) is 8.27. The van der Waals surface area contributed by atoms with Gasteiger partial charge in [-0.15, -0.1) is 11.3 Å². The standard InChI is InChI=1S/C13H24N4OS/c1-4-17(8-5-7-16(2)3)10-11-6-9-19-12(11)13(18)15-14/h6,9H,4-5,7-8,10,14H2,1-3H3,(H,15,18). The van der Waals surface area contributed by atoms with Gasteiger partial charge in [0.25, 0.3) is 5.91 Å². The molecule has 0 bridgehead atoms. The molecule has 0 aromatic carbocycles. The Labute approximate surface area is 119 Å². The zero-order chi connectivity index (χ0) is 14.3. The molecule has 1 aromatic rings. The monoisotopic (exact) mass is 284 g/mol. The van der Waals surface area contributed by atoms with Crippen LogP contribution in [-0.4, -0.2) is 49.4 Å². The Hall–Kier alpha value is -0.950. The number of thiophene rings is 1. The van der Waals surface area contributed by atoms with Crippen LogP contribution in [0, 0.1) is 0 Å². The number of amides is 1. The number of hydrazine groups is 1. The Morgan fingerprint density at radius 1 is 1.42 bits per heavy atom. The van der Waals surface area contributed by atoms with E-state index in [9.17, 15) is 4.79 Å². The lowest BCUT2D eigenvalue weighted by atomic mass is 10.2. The lowest BCUT2D eigenvalue weighted by Crippen LogP contribution is -2.31. The van der Waals surface area contributed by atoms with Gasteiger partial charge in [-0.3, -0.25) is 15.1 Å². The van der Waals surface area contributed by atoms with Crippen LogP contribution in [0.1, 0.15) is 28.6 Å². The molecule has 0 aliphatic rings. The number of nitrogen functional groups attached to an aromatic ring is 1. The van der Waals surface area contributed by atoms with Crippen molar-refractivity contribution in [1.29, 1.82) is 0 Å². The first-order valence-electron chi connectivity index (χ1n) is 6.52. The number of nitrogens with zero attached hydrogens (tertiary/aromatic N) is 2. The van der Waals surface area contributed by atoms with E-state index in [1.54, 1.807) is 0 Å². The Bertz CT molecular complexity index is 392. The number of nitrogens with one attached hydrogen (secondary N) is 1. The van der Waals surface area contributed by atoms with E-state index in [1.807, 2.05) is 11.4 Å². The molecular weight excluding hydrogens is 260 g/mol. The number of rotatable bonds is 8. The molecule has 108 valence electrons. The Kier molecular flexibility index (Phi) is 7.01. The van der Waals surface area contributed by atoms with Crippen LogP contribution in [0.4, 0.5) is 0 Å². The van der Waals surface area contributed by atoms with Crippen molar-refractivity contribution in [3.8, 4) is 0 Å². The van der Waals surface area contributed by atoms with Crippen LogP contribution in [0.25, 0.3) is 0 Å². The average molecular weight is 284 g/mol. The van der Waals surface area contributed by atoms with Crippen molar-refractivity contribution >= 4 is 17.2 Å². The fraction of sp³-hybridized carbons (Fsp3) is 0.615. The first-order valence-corrected chi connectivity index (χ1v) is 7.40. The molecule has 0 unspecified atom stereocenters. The predicted molar refractivity (Wildman–Crippen MR) is 80.1 cm³/mol. The Balaban J connectivity index is 2.56. The summed E-state index contributed by atoms with van der Waals surface area (Å²) in [6.07, 6.45) is 1.13. The zero-order valence-corrected chi connectivity index (χ0v) is 12.8. The van der Waals surface area contributed by atoms with E-state index in [0.717, 1.165) is 38.2 Å². The second-order valence-electron chi connectivity index (χ2n) is 4.77. The number of hydrogen-bond acceptors (Lipinski definition) is 5. The maximum atomic E-state index is 11.6. The fourth-order valence-electron chi connectivity index (χ4n) is 1.93. The topological polar surface area (TPSA) is 61.6 Å². The number of hydrogen-bond donors (Lipinski definition) is 2. The van der Waals surface area contributed by atoms with Crippen molar-refractivity contribution in [2.45, 2.75) is 19.9 Å². The van der Waals surface area contributed by atoms with E-state index < -0.39 is 0 Å². The highest BCUT2D eigenvalue weighted by atomic mass is 32.1. The molecular formula is C13H24N4OS. The summed E-state index contributed by atoms with van der Waals surface area (Å²) in [6.45, 7) is 6.04. The molecule has 0 atom stereocenters. The summed E-state index contributed by atoms with van der Waals surface area (Å²) in [6, 6.07) is 2.00. The second-order valence-corrected chi connectivity index (χ2v) is 5.69. The van der Waals surface area contributed by atoms with Gasteiger partial charge in [0.1, 0.15) is 0 Å². The summed E-state index contributed by atoms with van der Waals surface area (Å²) < 4.78 is 0. The summed E-state index contributed by atoms with van der Waals surface area (Å²) in [4.78, 5) is 16.9. The highest BCUT2D eigenvalue weighted by Gasteiger charge is 2.14. The van der Waals surface area contributed by atoms with Gasteiger partial charge in [-0.25, -0.2) is 5.84 Å². The van der Waals surface area contributed by atoms with E-state index in [4.69, 9.17) is 5.84 Å². The maximum Gasteiger partial charge on any atom is 0.275 e. The first-order chi connectivity index (χ1) is 9.08. The third-order valence-electron chi connectivity index (χ3n) is 3.00. The molecule has 0 fully saturated rings. The number of carbonyl (C=O) groups is 1. The molecule has 1 heterocycles. The smallest absolute Gasteiger partial charge is 0.275 e. The van der Waals surface area contributed by atoms with E-state index in [2.05, 4.69) is 36.2 Å². The van der Waals surface area contributed by atoms with E-state index in [1.165, 1.54) is 11.3 Å². The summed E-state index contributed by atoms with van der Waals surface area (Å²) in [5.41, 5.74) is 3.26. The molecule has 1 rings (SSSR count). The van der Waals surface area contributed by atoms with Crippen molar-refractivity contribution < 1.29 is 4.79 Å². The maximum absolute atomic E-state index is 11.6. The van der Waals surface area contributed by atoms with Crippen molar-refractivity contribution in [2.24, 2.45) is 5.84 Å². The minimum absolute atomic E-state index is 0.200. The van der Waals surface area contributed by atoms with E-state index in [-0.39, 0.29) is 5.91 Å². The molecule has 1 aromatic heterocycles. The Morgan fingerprint density at radius 2 is 2.16 bits per heavy atom. The van der Waals surface area contributed by atoms with Crippen molar-refractivity contribution in [3.63, 3.8) is 0 Å². The highest BCUT2D eigenvalue weighted by molar-refractivity contribution is 7.12. The molecule has 0 saturated heterocycles. The molecule has 0 saturated carbocycles. The van der Waals surface area contributed by atoms with Crippen molar-refractivity contribution in [2.75, 3.05) is 33.7 Å². The lowest BCUT2D eigenvalue weighted by molar-refractivity contribution is 0.0956. The zero-order valence-electron chi connectivity index (χ0n) is 12.0. The third kappa shape index (κ3) is 5.28. The van der Waals surface area contributed by atoms with E-state index >= 15 is 0 Å². The molecule has 19 heavy (non-hydrogen) atoms. The van der Waals surface area contributed by atoms with Gasteiger partial charge in [0.15, 0.2) is 0 Å². The Morgan fingerprint density at radius 3 is 2.74 bits per heavy atom. The molecule has 3 N–H and O–H groups in total. The summed E-state index contributed by atoms with van der Waals surface area (Å²) in [5, 5.41) is 1.94. The third-order valence-corrected chi connectivity index (χ3v) is 3.96. The normalized spacial score (nSPS) is 11.3. The van der Waals surface area contributed by atoms with Gasteiger partial charge in [0.2, 0.25) is 0 Å². The van der Waals surface area contributed by atoms with Crippen LogP contribution in [0.2, 0.25) is 0 Å². The van der Waals surface area contributed by atoms with Gasteiger partial charge in [-0.1, -0.05) is 6.92 Å². The molecule has 0 radical (unpaired) electrons. The largest absolute Gasteiger partial charge is 0.309 e. The van der Waals surface area contributed by atoms with E-state index in [0.29, 0.717) is 4.88 Å². The van der Waals surface area contributed by atoms with Crippen LogP contribution in [0.3, 0.4) is 0 Å². The first kappa shape index (κ1) is 16.1. The molecule has 6 heteroatoms. The van der Waals surface area contributed by atoms with Crippen LogP contribution in [0.5, 0.6) is 0 Å². The van der Waals surface area contributed by atoms with Crippen LogP contribution in [0.15, 0.2) is 11.4 Å². The van der Waals surface area contributed by atoms with Gasteiger partial charge in [0, 0.05) is 6.54 Å². The van der Waals surface area contributed by atoms with Gasteiger partial charge in [-0.05, 0) is 57.2 Å². The van der Waals surface area contributed by atoms with Gasteiger partial charge < -0.3 is 4.90 Å². The average Bonchev–Trinajstić information content (AvgIpc) is 2.84. The lowest BCUT2D eigenvalue weighted by Gasteiger charge is -2.21. The summed E-state index contributed by atoms with van der Waals surface area (Å²) in [5.74, 6) is 5.00.